The molecule has 0 aliphatic rings. The van der Waals surface area contributed by atoms with Crippen LogP contribution in [-0.2, 0) is 11.3 Å². The number of allylic oxidation sites excluding steroid dienone is 1. The van der Waals surface area contributed by atoms with Crippen molar-refractivity contribution in [3.63, 3.8) is 0 Å². The van der Waals surface area contributed by atoms with Crippen molar-refractivity contribution < 1.29 is 4.79 Å². The Labute approximate surface area is 156 Å². The number of carbonyl (C=O) groups excluding carboxylic acids is 1. The fraction of sp³-hybridized carbons (Fsp3) is 0.158. The normalized spacial score (nSPS) is 10.5. The van der Waals surface area contributed by atoms with Crippen LogP contribution in [0.3, 0.4) is 0 Å². The summed E-state index contributed by atoms with van der Waals surface area (Å²) in [5, 5.41) is 12.2. The number of hydrogen-bond acceptors (Lipinski definition) is 5. The third kappa shape index (κ3) is 4.58. The Balaban J connectivity index is 1.62. The van der Waals surface area contributed by atoms with E-state index in [2.05, 4.69) is 27.1 Å². The number of carbonyl (C=O) groups is 1. The Hall–Kier alpha value is -2.93. The Morgan fingerprint density at radius 3 is 2.65 bits per heavy atom. The molecule has 0 radical (unpaired) electrons. The summed E-state index contributed by atoms with van der Waals surface area (Å²) in [5.41, 5.74) is 1.75. The minimum atomic E-state index is -0.0205. The lowest BCUT2D eigenvalue weighted by atomic mass is 10.2. The van der Waals surface area contributed by atoms with Gasteiger partial charge in [-0.15, -0.1) is 16.8 Å². The number of nitrogens with zero attached hydrogens (tertiary/aromatic N) is 4. The Kier molecular flexibility index (Phi) is 6.16. The predicted octanol–water partition coefficient (Wildman–Crippen LogP) is 3.65. The summed E-state index contributed by atoms with van der Waals surface area (Å²) < 4.78 is 1.99. The molecule has 1 aromatic carbocycles. The van der Waals surface area contributed by atoms with Gasteiger partial charge in [0.25, 0.3) is 0 Å². The molecule has 1 amide bonds. The molecule has 2 heterocycles. The van der Waals surface area contributed by atoms with Gasteiger partial charge in [0, 0.05) is 42.4 Å². The average Bonchev–Trinajstić information content (AvgIpc) is 3.06. The Bertz CT molecular complexity index is 864. The molecule has 7 heteroatoms. The van der Waals surface area contributed by atoms with E-state index in [4.69, 9.17) is 0 Å². The maximum absolute atomic E-state index is 12.0. The van der Waals surface area contributed by atoms with Gasteiger partial charge in [0.1, 0.15) is 0 Å². The van der Waals surface area contributed by atoms with Crippen LogP contribution < -0.4 is 5.32 Å². The van der Waals surface area contributed by atoms with Gasteiger partial charge in [-0.05, 0) is 24.3 Å². The van der Waals surface area contributed by atoms with E-state index in [9.17, 15) is 4.79 Å². The molecule has 0 saturated heterocycles. The molecule has 0 aliphatic heterocycles. The van der Waals surface area contributed by atoms with Crippen LogP contribution >= 0.6 is 11.8 Å². The summed E-state index contributed by atoms with van der Waals surface area (Å²) in [5.74, 6) is 1.36. The summed E-state index contributed by atoms with van der Waals surface area (Å²) in [6, 6.07) is 13.2. The van der Waals surface area contributed by atoms with Crippen LogP contribution in [0.1, 0.15) is 6.42 Å². The number of hydrogen-bond donors (Lipinski definition) is 1. The van der Waals surface area contributed by atoms with Crippen LogP contribution in [0, 0.1) is 0 Å². The third-order valence-corrected chi connectivity index (χ3v) is 4.55. The van der Waals surface area contributed by atoms with Crippen molar-refractivity contribution >= 4 is 23.4 Å². The minimum Gasteiger partial charge on any atom is -0.326 e. The van der Waals surface area contributed by atoms with Gasteiger partial charge in [0.05, 0.1) is 0 Å². The molecule has 0 spiro atoms. The molecule has 0 unspecified atom stereocenters. The number of pyridine rings is 1. The molecule has 0 aliphatic carbocycles. The van der Waals surface area contributed by atoms with Crippen LogP contribution in [0.15, 0.2) is 72.7 Å². The second-order valence-electron chi connectivity index (χ2n) is 5.45. The monoisotopic (exact) mass is 365 g/mol. The lowest BCUT2D eigenvalue weighted by Crippen LogP contribution is -2.12. The molecule has 0 fully saturated rings. The fourth-order valence-corrected chi connectivity index (χ4v) is 3.27. The van der Waals surface area contributed by atoms with Crippen molar-refractivity contribution in [3.8, 4) is 11.4 Å². The van der Waals surface area contributed by atoms with E-state index in [-0.39, 0.29) is 5.91 Å². The molecule has 0 bridgehead atoms. The van der Waals surface area contributed by atoms with E-state index >= 15 is 0 Å². The molecule has 3 aromatic rings. The highest BCUT2D eigenvalue weighted by atomic mass is 32.2. The highest BCUT2D eigenvalue weighted by Crippen LogP contribution is 2.24. The lowest BCUT2D eigenvalue weighted by molar-refractivity contribution is -0.115. The molecule has 0 saturated carbocycles. The SMILES string of the molecule is C=CCn1c(SCCC(=O)Nc2ccccc2)nnc1-c1ccncc1. The van der Waals surface area contributed by atoms with E-state index in [0.29, 0.717) is 18.7 Å². The Morgan fingerprint density at radius 1 is 1.15 bits per heavy atom. The first-order valence-electron chi connectivity index (χ1n) is 8.20. The van der Waals surface area contributed by atoms with Gasteiger partial charge in [0.2, 0.25) is 5.91 Å². The van der Waals surface area contributed by atoms with Crippen molar-refractivity contribution in [2.75, 3.05) is 11.1 Å². The first-order chi connectivity index (χ1) is 12.8. The van der Waals surface area contributed by atoms with E-state index in [0.717, 1.165) is 22.2 Å². The summed E-state index contributed by atoms with van der Waals surface area (Å²) in [7, 11) is 0. The summed E-state index contributed by atoms with van der Waals surface area (Å²) in [6.45, 7) is 4.41. The van der Waals surface area contributed by atoms with Gasteiger partial charge in [0.15, 0.2) is 11.0 Å². The standard InChI is InChI=1S/C19H19N5OS/c1-2-13-24-18(15-8-11-20-12-9-15)22-23-19(24)26-14-10-17(25)21-16-6-4-3-5-7-16/h2-9,11-12H,1,10,13-14H2,(H,21,25). The molecular formula is C19H19N5OS. The first-order valence-corrected chi connectivity index (χ1v) is 9.18. The van der Waals surface area contributed by atoms with Crippen molar-refractivity contribution in [1.82, 2.24) is 19.7 Å². The number of aromatic nitrogens is 4. The summed E-state index contributed by atoms with van der Waals surface area (Å²) >= 11 is 1.51. The van der Waals surface area contributed by atoms with Crippen molar-refractivity contribution in [1.29, 1.82) is 0 Å². The van der Waals surface area contributed by atoms with Crippen LogP contribution in [0.25, 0.3) is 11.4 Å². The summed E-state index contributed by atoms with van der Waals surface area (Å²) in [6.07, 6.45) is 5.65. The zero-order valence-electron chi connectivity index (χ0n) is 14.2. The number of nitrogens with one attached hydrogen (secondary N) is 1. The van der Waals surface area contributed by atoms with Crippen molar-refractivity contribution in [3.05, 3.63) is 67.5 Å². The number of benzene rings is 1. The highest BCUT2D eigenvalue weighted by molar-refractivity contribution is 7.99. The van der Waals surface area contributed by atoms with E-state index in [1.54, 1.807) is 18.5 Å². The molecule has 6 nitrogen and oxygen atoms in total. The number of para-hydroxylation sites is 1. The van der Waals surface area contributed by atoms with Crippen molar-refractivity contribution in [2.45, 2.75) is 18.1 Å². The minimum absolute atomic E-state index is 0.0205. The lowest BCUT2D eigenvalue weighted by Gasteiger charge is -2.08. The molecule has 2 aromatic heterocycles. The molecule has 0 atom stereocenters. The summed E-state index contributed by atoms with van der Waals surface area (Å²) in [4.78, 5) is 16.1. The Morgan fingerprint density at radius 2 is 1.92 bits per heavy atom. The van der Waals surface area contributed by atoms with Gasteiger partial charge in [-0.3, -0.25) is 14.3 Å². The van der Waals surface area contributed by atoms with E-state index < -0.39 is 0 Å². The number of thioether (sulfide) groups is 1. The molecule has 1 N–H and O–H groups in total. The van der Waals surface area contributed by atoms with Crippen LogP contribution in [-0.4, -0.2) is 31.4 Å². The maximum Gasteiger partial charge on any atom is 0.225 e. The molecule has 26 heavy (non-hydrogen) atoms. The zero-order chi connectivity index (χ0) is 18.2. The topological polar surface area (TPSA) is 72.7 Å². The van der Waals surface area contributed by atoms with Gasteiger partial charge in [-0.2, -0.15) is 0 Å². The van der Waals surface area contributed by atoms with Crippen molar-refractivity contribution in [2.24, 2.45) is 0 Å². The van der Waals surface area contributed by atoms with Gasteiger partial charge in [-0.25, -0.2) is 0 Å². The quantitative estimate of drug-likeness (QED) is 0.487. The zero-order valence-corrected chi connectivity index (χ0v) is 15.0. The fourth-order valence-electron chi connectivity index (χ4n) is 2.38. The van der Waals surface area contributed by atoms with E-state index in [1.807, 2.05) is 47.0 Å². The maximum atomic E-state index is 12.0. The van der Waals surface area contributed by atoms with Crippen LogP contribution in [0.5, 0.6) is 0 Å². The molecular weight excluding hydrogens is 346 g/mol. The largest absolute Gasteiger partial charge is 0.326 e. The van der Waals surface area contributed by atoms with E-state index in [1.165, 1.54) is 11.8 Å². The molecule has 132 valence electrons. The third-order valence-electron chi connectivity index (χ3n) is 3.58. The van der Waals surface area contributed by atoms with Gasteiger partial charge < -0.3 is 5.32 Å². The van der Waals surface area contributed by atoms with Crippen LogP contribution in [0.2, 0.25) is 0 Å². The number of amides is 1. The smallest absolute Gasteiger partial charge is 0.225 e. The first kappa shape index (κ1) is 17.9. The predicted molar refractivity (Wildman–Crippen MR) is 104 cm³/mol. The second-order valence-corrected chi connectivity index (χ2v) is 6.52. The second kappa shape index (κ2) is 8.96. The number of rotatable bonds is 8. The van der Waals surface area contributed by atoms with Gasteiger partial charge in [-0.1, -0.05) is 36.0 Å². The van der Waals surface area contributed by atoms with Crippen LogP contribution in [0.4, 0.5) is 5.69 Å². The number of anilines is 1. The average molecular weight is 365 g/mol. The van der Waals surface area contributed by atoms with Gasteiger partial charge >= 0.3 is 0 Å². The highest BCUT2D eigenvalue weighted by Gasteiger charge is 2.14. The molecule has 3 rings (SSSR count).